The molecule has 4 aromatic rings. The summed E-state index contributed by atoms with van der Waals surface area (Å²) < 4.78 is 43.6. The molecule has 10 heteroatoms. The van der Waals surface area contributed by atoms with E-state index in [0.29, 0.717) is 11.6 Å². The van der Waals surface area contributed by atoms with E-state index in [1.807, 2.05) is 30.3 Å². The minimum Gasteiger partial charge on any atom is -0.355 e. The van der Waals surface area contributed by atoms with E-state index in [0.717, 1.165) is 9.87 Å². The molecule has 0 radical (unpaired) electrons. The normalized spacial score (nSPS) is 11.9. The van der Waals surface area contributed by atoms with Crippen LogP contribution in [0.1, 0.15) is 18.1 Å². The van der Waals surface area contributed by atoms with E-state index in [-0.39, 0.29) is 29.1 Å². The van der Waals surface area contributed by atoms with E-state index in [9.17, 15) is 22.4 Å². The van der Waals surface area contributed by atoms with Gasteiger partial charge in [0.05, 0.1) is 10.6 Å². The Morgan fingerprint density at radius 3 is 2.07 bits per heavy atom. The number of nitrogens with one attached hydrogen (secondary N) is 1. The van der Waals surface area contributed by atoms with Gasteiger partial charge in [-0.2, -0.15) is 0 Å². The van der Waals surface area contributed by atoms with Crippen molar-refractivity contribution < 1.29 is 22.4 Å². The minimum absolute atomic E-state index is 0.0613. The maximum Gasteiger partial charge on any atom is 0.264 e. The Labute approximate surface area is 250 Å². The van der Waals surface area contributed by atoms with Crippen LogP contribution in [-0.4, -0.2) is 44.3 Å². The Bertz CT molecular complexity index is 1600. The van der Waals surface area contributed by atoms with Crippen molar-refractivity contribution in [2.75, 3.05) is 17.4 Å². The molecule has 4 rings (SSSR count). The molecule has 4 aromatic carbocycles. The third-order valence-corrected chi connectivity index (χ3v) is 8.69. The highest BCUT2D eigenvalue weighted by atomic mass is 35.5. The first-order valence-corrected chi connectivity index (χ1v) is 15.2. The first-order valence-electron chi connectivity index (χ1n) is 13.4. The van der Waals surface area contributed by atoms with Crippen molar-refractivity contribution in [3.05, 3.63) is 131 Å². The third kappa shape index (κ3) is 7.54. The average molecular weight is 608 g/mol. The molecule has 0 saturated carbocycles. The van der Waals surface area contributed by atoms with E-state index in [1.54, 1.807) is 43.3 Å². The zero-order chi connectivity index (χ0) is 30.1. The summed E-state index contributed by atoms with van der Waals surface area (Å²) in [6.45, 7) is 1.20. The summed E-state index contributed by atoms with van der Waals surface area (Å²) >= 11 is 5.99. The third-order valence-electron chi connectivity index (χ3n) is 6.65. The highest BCUT2D eigenvalue weighted by molar-refractivity contribution is 7.92. The number of hydrogen-bond acceptors (Lipinski definition) is 4. The van der Waals surface area contributed by atoms with Gasteiger partial charge in [0.15, 0.2) is 0 Å². The zero-order valence-electron chi connectivity index (χ0n) is 23.0. The quantitative estimate of drug-likeness (QED) is 0.232. The van der Waals surface area contributed by atoms with Gasteiger partial charge in [-0.25, -0.2) is 12.8 Å². The molecule has 0 spiro atoms. The van der Waals surface area contributed by atoms with Crippen molar-refractivity contribution >= 4 is 39.1 Å². The summed E-state index contributed by atoms with van der Waals surface area (Å²) in [7, 11) is -4.24. The van der Waals surface area contributed by atoms with Crippen LogP contribution in [0.4, 0.5) is 10.1 Å². The number of hydrogen-bond donors (Lipinski definition) is 1. The largest absolute Gasteiger partial charge is 0.355 e. The van der Waals surface area contributed by atoms with Crippen molar-refractivity contribution in [3.63, 3.8) is 0 Å². The molecule has 0 aromatic heterocycles. The maximum absolute atomic E-state index is 14.9. The van der Waals surface area contributed by atoms with Crippen LogP contribution in [0, 0.1) is 5.82 Å². The Morgan fingerprint density at radius 1 is 0.857 bits per heavy atom. The first kappa shape index (κ1) is 30.7. The molecule has 1 atom stereocenters. The van der Waals surface area contributed by atoms with Gasteiger partial charge in [-0.05, 0) is 55.0 Å². The van der Waals surface area contributed by atoms with E-state index < -0.39 is 40.2 Å². The van der Waals surface area contributed by atoms with E-state index in [1.165, 1.54) is 47.4 Å². The van der Waals surface area contributed by atoms with Crippen molar-refractivity contribution in [1.29, 1.82) is 0 Å². The van der Waals surface area contributed by atoms with Crippen LogP contribution < -0.4 is 9.62 Å². The SMILES string of the molecule is CCNC(=O)[C@H](Cc1ccccc1)N(Cc1ccccc1F)C(=O)CN(c1ccccc1)S(=O)(=O)c1ccc(Cl)cc1. The lowest BCUT2D eigenvalue weighted by atomic mass is 10.0. The lowest BCUT2D eigenvalue weighted by molar-refractivity contribution is -0.140. The standard InChI is InChI=1S/C32H31ClFN3O4S/c1-2-35-32(39)30(21-24-11-5-3-6-12-24)36(22-25-13-9-10-16-29(25)34)31(38)23-37(27-14-7-4-8-15-27)42(40,41)28-19-17-26(33)18-20-28/h3-20,30H,2,21-23H2,1H3,(H,35,39)/t30-/m0/s1. The molecule has 42 heavy (non-hydrogen) atoms. The van der Waals surface area contributed by atoms with Crippen LogP contribution >= 0.6 is 11.6 Å². The highest BCUT2D eigenvalue weighted by Gasteiger charge is 2.34. The summed E-state index contributed by atoms with van der Waals surface area (Å²) in [6, 6.07) is 27.9. The molecule has 0 heterocycles. The predicted octanol–water partition coefficient (Wildman–Crippen LogP) is 5.45. The number of rotatable bonds is 12. The second kappa shape index (κ2) is 14.1. The van der Waals surface area contributed by atoms with Crippen LogP contribution in [0.2, 0.25) is 5.02 Å². The summed E-state index contributed by atoms with van der Waals surface area (Å²) in [5.41, 5.74) is 1.23. The second-order valence-corrected chi connectivity index (χ2v) is 11.8. The molecular formula is C32H31ClFN3O4S. The van der Waals surface area contributed by atoms with Gasteiger partial charge in [0.25, 0.3) is 10.0 Å². The first-order chi connectivity index (χ1) is 20.2. The lowest BCUT2D eigenvalue weighted by Gasteiger charge is -2.33. The molecule has 0 fully saturated rings. The fraction of sp³-hybridized carbons (Fsp3) is 0.188. The Balaban J connectivity index is 1.78. The molecule has 0 bridgehead atoms. The number of carbonyl (C=O) groups is 2. The van der Waals surface area contributed by atoms with E-state index in [4.69, 9.17) is 11.6 Å². The smallest absolute Gasteiger partial charge is 0.264 e. The molecule has 218 valence electrons. The number of anilines is 1. The van der Waals surface area contributed by atoms with Gasteiger partial charge in [0.2, 0.25) is 11.8 Å². The number of carbonyl (C=O) groups excluding carboxylic acids is 2. The summed E-state index contributed by atoms with van der Waals surface area (Å²) in [6.07, 6.45) is 0.141. The topological polar surface area (TPSA) is 86.8 Å². The van der Waals surface area contributed by atoms with E-state index in [2.05, 4.69) is 5.32 Å². The number of halogens is 2. The molecule has 7 nitrogen and oxygen atoms in total. The van der Waals surface area contributed by atoms with Crippen molar-refractivity contribution in [3.8, 4) is 0 Å². The molecule has 2 amide bonds. The number of para-hydroxylation sites is 1. The van der Waals surface area contributed by atoms with Gasteiger partial charge < -0.3 is 10.2 Å². The van der Waals surface area contributed by atoms with Crippen molar-refractivity contribution in [2.45, 2.75) is 30.8 Å². The number of likely N-dealkylation sites (N-methyl/N-ethyl adjacent to an activating group) is 1. The monoisotopic (exact) mass is 607 g/mol. The summed E-state index contributed by atoms with van der Waals surface area (Å²) in [4.78, 5) is 28.8. The average Bonchev–Trinajstić information content (AvgIpc) is 2.99. The number of nitrogens with zero attached hydrogens (tertiary/aromatic N) is 2. The Hall–Kier alpha value is -4.21. The van der Waals surface area contributed by atoms with Gasteiger partial charge in [0.1, 0.15) is 18.4 Å². The molecule has 1 N–H and O–H groups in total. The fourth-order valence-electron chi connectivity index (χ4n) is 4.51. The lowest BCUT2D eigenvalue weighted by Crippen LogP contribution is -2.53. The van der Waals surface area contributed by atoms with Crippen molar-refractivity contribution in [1.82, 2.24) is 10.2 Å². The van der Waals surface area contributed by atoms with Gasteiger partial charge in [-0.15, -0.1) is 0 Å². The van der Waals surface area contributed by atoms with Crippen LogP contribution in [0.15, 0.2) is 114 Å². The van der Waals surface area contributed by atoms with Crippen molar-refractivity contribution in [2.24, 2.45) is 0 Å². The molecule has 0 unspecified atom stereocenters. The molecule has 0 aliphatic carbocycles. The van der Waals surface area contributed by atoms with Crippen LogP contribution in [0.3, 0.4) is 0 Å². The van der Waals surface area contributed by atoms with Gasteiger partial charge in [-0.1, -0.05) is 78.3 Å². The highest BCUT2D eigenvalue weighted by Crippen LogP contribution is 2.26. The molecule has 0 aliphatic rings. The van der Waals surface area contributed by atoms with Crippen LogP contribution in [-0.2, 0) is 32.6 Å². The predicted molar refractivity (Wildman–Crippen MR) is 162 cm³/mol. The van der Waals surface area contributed by atoms with E-state index >= 15 is 0 Å². The fourth-order valence-corrected chi connectivity index (χ4v) is 6.05. The maximum atomic E-state index is 14.9. The van der Waals surface area contributed by atoms with Crippen LogP contribution in [0.25, 0.3) is 0 Å². The number of benzene rings is 4. The zero-order valence-corrected chi connectivity index (χ0v) is 24.6. The number of amides is 2. The minimum atomic E-state index is -4.24. The Kier molecular flexibility index (Phi) is 10.3. The molecule has 0 saturated heterocycles. The summed E-state index contributed by atoms with van der Waals surface area (Å²) in [5, 5.41) is 3.14. The van der Waals surface area contributed by atoms with Gasteiger partial charge >= 0.3 is 0 Å². The Morgan fingerprint density at radius 2 is 1.45 bits per heavy atom. The number of sulfonamides is 1. The second-order valence-electron chi connectivity index (χ2n) is 9.51. The van der Waals surface area contributed by atoms with Gasteiger partial charge in [0, 0.05) is 30.1 Å². The van der Waals surface area contributed by atoms with Gasteiger partial charge in [-0.3, -0.25) is 13.9 Å². The molecular weight excluding hydrogens is 577 g/mol. The summed E-state index contributed by atoms with van der Waals surface area (Å²) in [5.74, 6) is -1.65. The van der Waals surface area contributed by atoms with Crippen LogP contribution in [0.5, 0.6) is 0 Å². The molecule has 0 aliphatic heterocycles.